The molecule has 1 aliphatic heterocycles. The van der Waals surface area contributed by atoms with Crippen molar-refractivity contribution in [3.63, 3.8) is 0 Å². The van der Waals surface area contributed by atoms with Gasteiger partial charge in [0.2, 0.25) is 0 Å². The van der Waals surface area contributed by atoms with Crippen LogP contribution in [0, 0.1) is 11.3 Å². The van der Waals surface area contributed by atoms with Gasteiger partial charge in [-0.05, 0) is 43.7 Å². The SMILES string of the molecule is CNc1snnc1CN1CCCC(C(C)(C)C)CC1. The van der Waals surface area contributed by atoms with Crippen LogP contribution >= 0.6 is 11.5 Å². The first-order valence-electron chi connectivity index (χ1n) is 7.22. The Kier molecular flexibility index (Phi) is 4.79. The number of nitrogens with zero attached hydrogens (tertiary/aromatic N) is 3. The molecule has 2 rings (SSSR count). The summed E-state index contributed by atoms with van der Waals surface area (Å²) in [7, 11) is 1.94. The van der Waals surface area contributed by atoms with Gasteiger partial charge in [-0.2, -0.15) is 0 Å². The third kappa shape index (κ3) is 3.89. The van der Waals surface area contributed by atoms with Crippen molar-refractivity contribution in [2.45, 2.75) is 46.6 Å². The lowest BCUT2D eigenvalue weighted by Crippen LogP contribution is -2.26. The Balaban J connectivity index is 1.93. The Bertz CT molecular complexity index is 396. The van der Waals surface area contributed by atoms with Crippen LogP contribution in [0.15, 0.2) is 0 Å². The number of nitrogens with one attached hydrogen (secondary N) is 1. The third-order valence-electron chi connectivity index (χ3n) is 4.20. The van der Waals surface area contributed by atoms with Gasteiger partial charge >= 0.3 is 0 Å². The Morgan fingerprint density at radius 3 is 2.79 bits per heavy atom. The first kappa shape index (κ1) is 14.7. The third-order valence-corrected chi connectivity index (χ3v) is 4.99. The van der Waals surface area contributed by atoms with Crippen LogP contribution in [0.3, 0.4) is 0 Å². The molecule has 0 saturated carbocycles. The molecule has 0 spiro atoms. The highest BCUT2D eigenvalue weighted by atomic mass is 32.1. The molecule has 1 atom stereocenters. The summed E-state index contributed by atoms with van der Waals surface area (Å²) >= 11 is 1.45. The minimum atomic E-state index is 0.439. The molecule has 1 N–H and O–H groups in total. The molecule has 1 aliphatic rings. The fourth-order valence-electron chi connectivity index (χ4n) is 2.89. The van der Waals surface area contributed by atoms with Crippen LogP contribution in [0.2, 0.25) is 0 Å². The number of hydrogen-bond acceptors (Lipinski definition) is 5. The molecule has 4 nitrogen and oxygen atoms in total. The summed E-state index contributed by atoms with van der Waals surface area (Å²) in [5.41, 5.74) is 1.54. The van der Waals surface area contributed by atoms with Gasteiger partial charge in [0.25, 0.3) is 0 Å². The van der Waals surface area contributed by atoms with Crippen LogP contribution < -0.4 is 5.32 Å². The molecule has 1 aromatic heterocycles. The predicted octanol–water partition coefficient (Wildman–Crippen LogP) is 3.23. The van der Waals surface area contributed by atoms with Crippen LogP contribution in [0.1, 0.15) is 45.7 Å². The summed E-state index contributed by atoms with van der Waals surface area (Å²) in [6.45, 7) is 10.4. The van der Waals surface area contributed by atoms with Crippen LogP contribution in [0.4, 0.5) is 5.00 Å². The maximum Gasteiger partial charge on any atom is 0.134 e. The zero-order chi connectivity index (χ0) is 13.9. The van der Waals surface area contributed by atoms with Gasteiger partial charge in [0.1, 0.15) is 10.7 Å². The van der Waals surface area contributed by atoms with Crippen molar-refractivity contribution in [3.05, 3.63) is 5.69 Å². The van der Waals surface area contributed by atoms with E-state index in [1.54, 1.807) is 0 Å². The number of rotatable bonds is 3. The Labute approximate surface area is 120 Å². The van der Waals surface area contributed by atoms with Crippen molar-refractivity contribution >= 4 is 16.5 Å². The summed E-state index contributed by atoms with van der Waals surface area (Å²) in [6.07, 6.45) is 3.96. The van der Waals surface area contributed by atoms with Crippen LogP contribution in [-0.2, 0) is 6.54 Å². The maximum atomic E-state index is 4.24. The zero-order valence-corrected chi connectivity index (χ0v) is 13.4. The lowest BCUT2D eigenvalue weighted by Gasteiger charge is -2.29. The molecule has 1 unspecified atom stereocenters. The largest absolute Gasteiger partial charge is 0.377 e. The van der Waals surface area contributed by atoms with Crippen molar-refractivity contribution in [2.24, 2.45) is 11.3 Å². The fraction of sp³-hybridized carbons (Fsp3) is 0.857. The van der Waals surface area contributed by atoms with Gasteiger partial charge in [-0.1, -0.05) is 25.3 Å². The molecule has 0 aromatic carbocycles. The van der Waals surface area contributed by atoms with E-state index in [0.29, 0.717) is 5.41 Å². The van der Waals surface area contributed by atoms with E-state index in [1.807, 2.05) is 7.05 Å². The summed E-state index contributed by atoms with van der Waals surface area (Å²) in [5, 5.41) is 8.53. The monoisotopic (exact) mass is 282 g/mol. The summed E-state index contributed by atoms with van der Waals surface area (Å²) in [4.78, 5) is 2.53. The zero-order valence-electron chi connectivity index (χ0n) is 12.6. The molecule has 0 radical (unpaired) electrons. The van der Waals surface area contributed by atoms with E-state index in [1.165, 1.54) is 43.9 Å². The van der Waals surface area contributed by atoms with Crippen LogP contribution in [-0.4, -0.2) is 34.6 Å². The molecule has 1 fully saturated rings. The molecule has 1 aromatic rings. The minimum absolute atomic E-state index is 0.439. The van der Waals surface area contributed by atoms with Crippen LogP contribution in [0.25, 0.3) is 0 Å². The minimum Gasteiger partial charge on any atom is -0.377 e. The first-order valence-corrected chi connectivity index (χ1v) is 7.99. The Morgan fingerprint density at radius 2 is 2.11 bits per heavy atom. The van der Waals surface area contributed by atoms with E-state index in [0.717, 1.165) is 23.2 Å². The van der Waals surface area contributed by atoms with Crippen molar-refractivity contribution in [2.75, 3.05) is 25.5 Å². The number of likely N-dealkylation sites (tertiary alicyclic amines) is 1. The number of anilines is 1. The van der Waals surface area contributed by atoms with E-state index in [-0.39, 0.29) is 0 Å². The van der Waals surface area contributed by atoms with Gasteiger partial charge in [-0.3, -0.25) is 4.90 Å². The Hall–Kier alpha value is -0.680. The lowest BCUT2D eigenvalue weighted by molar-refractivity contribution is 0.206. The van der Waals surface area contributed by atoms with E-state index >= 15 is 0 Å². The lowest BCUT2D eigenvalue weighted by atomic mass is 9.77. The first-order chi connectivity index (χ1) is 9.00. The molecule has 1 saturated heterocycles. The highest BCUT2D eigenvalue weighted by Gasteiger charge is 2.27. The highest BCUT2D eigenvalue weighted by molar-refractivity contribution is 7.10. The van der Waals surface area contributed by atoms with E-state index < -0.39 is 0 Å². The van der Waals surface area contributed by atoms with E-state index in [9.17, 15) is 0 Å². The second kappa shape index (κ2) is 6.18. The summed E-state index contributed by atoms with van der Waals surface area (Å²) < 4.78 is 4.04. The number of hydrogen-bond donors (Lipinski definition) is 1. The van der Waals surface area contributed by atoms with Gasteiger partial charge in [0, 0.05) is 25.1 Å². The summed E-state index contributed by atoms with van der Waals surface area (Å²) in [6, 6.07) is 0. The predicted molar refractivity (Wildman–Crippen MR) is 81.5 cm³/mol. The van der Waals surface area contributed by atoms with Crippen LogP contribution in [0.5, 0.6) is 0 Å². The van der Waals surface area contributed by atoms with Gasteiger partial charge in [-0.25, -0.2) is 0 Å². The average molecular weight is 282 g/mol. The van der Waals surface area contributed by atoms with Crippen molar-refractivity contribution in [1.82, 2.24) is 14.5 Å². The second-order valence-electron chi connectivity index (χ2n) is 6.57. The molecule has 2 heterocycles. The normalized spacial score (nSPS) is 22.2. The molecule has 0 aliphatic carbocycles. The smallest absolute Gasteiger partial charge is 0.134 e. The standard InChI is InChI=1S/C14H26N4S/c1-14(2,3)11-6-5-8-18(9-7-11)10-12-13(15-4)19-17-16-12/h11,15H,5-10H2,1-4H3. The Morgan fingerprint density at radius 1 is 1.32 bits per heavy atom. The van der Waals surface area contributed by atoms with Crippen molar-refractivity contribution in [3.8, 4) is 0 Å². The molecule has 0 bridgehead atoms. The van der Waals surface area contributed by atoms with Gasteiger partial charge < -0.3 is 5.32 Å². The van der Waals surface area contributed by atoms with Gasteiger partial charge in [-0.15, -0.1) is 5.10 Å². The van der Waals surface area contributed by atoms with Crippen molar-refractivity contribution < 1.29 is 0 Å². The molecule has 5 heteroatoms. The maximum absolute atomic E-state index is 4.24. The average Bonchev–Trinajstić information content (AvgIpc) is 2.63. The molecular formula is C14H26N4S. The molecule has 0 amide bonds. The molecule has 19 heavy (non-hydrogen) atoms. The van der Waals surface area contributed by atoms with Gasteiger partial charge in [0.15, 0.2) is 0 Å². The fourth-order valence-corrected chi connectivity index (χ4v) is 3.42. The highest BCUT2D eigenvalue weighted by Crippen LogP contribution is 2.34. The quantitative estimate of drug-likeness (QED) is 0.924. The van der Waals surface area contributed by atoms with Crippen molar-refractivity contribution in [1.29, 1.82) is 0 Å². The number of aromatic nitrogens is 2. The topological polar surface area (TPSA) is 41.1 Å². The van der Waals surface area contributed by atoms with E-state index in [2.05, 4.69) is 40.6 Å². The second-order valence-corrected chi connectivity index (χ2v) is 7.32. The molecular weight excluding hydrogens is 256 g/mol. The van der Waals surface area contributed by atoms with E-state index in [4.69, 9.17) is 0 Å². The van der Waals surface area contributed by atoms with Gasteiger partial charge in [0.05, 0.1) is 0 Å². The molecule has 108 valence electrons. The summed E-state index contributed by atoms with van der Waals surface area (Å²) in [5.74, 6) is 0.842.